The van der Waals surface area contributed by atoms with Crippen LogP contribution in [0.3, 0.4) is 0 Å². The van der Waals surface area contributed by atoms with Crippen molar-refractivity contribution in [1.29, 1.82) is 5.26 Å². The molecule has 0 aliphatic carbocycles. The molecule has 43 heavy (non-hydrogen) atoms. The molecule has 1 heterocycles. The Balaban J connectivity index is 2.15. The summed E-state index contributed by atoms with van der Waals surface area (Å²) in [5, 5.41) is 23.8. The molecule has 1 aromatic heterocycles. The summed E-state index contributed by atoms with van der Waals surface area (Å²) >= 11 is 0. The number of hydrogen-bond donors (Lipinski definition) is 3. The Hall–Kier alpha value is -4.51. The van der Waals surface area contributed by atoms with Gasteiger partial charge in [0.15, 0.2) is 5.69 Å². The summed E-state index contributed by atoms with van der Waals surface area (Å²) in [6, 6.07) is 4.01. The molecule has 0 spiro atoms. The topological polar surface area (TPSA) is 132 Å². The van der Waals surface area contributed by atoms with Crippen molar-refractivity contribution in [2.45, 2.75) is 83.6 Å². The summed E-state index contributed by atoms with van der Waals surface area (Å²) in [6.45, 7) is 2.46. The number of unbranched alkanes of at least 4 members (excludes halogenated alkanes) is 1. The predicted octanol–water partition coefficient (Wildman–Crippen LogP) is 6.90. The van der Waals surface area contributed by atoms with E-state index in [2.05, 4.69) is 83.3 Å². The molecular weight excluding hydrogens is 540 g/mol. The molecule has 0 bridgehead atoms. The van der Waals surface area contributed by atoms with Crippen molar-refractivity contribution >= 4 is 17.8 Å². The molecule has 0 saturated carbocycles. The quantitative estimate of drug-likeness (QED) is 0.1000. The van der Waals surface area contributed by atoms with E-state index in [0.29, 0.717) is 25.8 Å². The molecule has 230 valence electrons. The lowest BCUT2D eigenvalue weighted by Crippen LogP contribution is -2.40. The van der Waals surface area contributed by atoms with Crippen molar-refractivity contribution in [2.75, 3.05) is 6.54 Å². The third-order valence-corrected chi connectivity index (χ3v) is 6.13. The molecule has 1 aromatic rings. The maximum Gasteiger partial charge on any atom is 0.326 e. The van der Waals surface area contributed by atoms with E-state index in [9.17, 15) is 19.5 Å². The minimum absolute atomic E-state index is 0.0534. The number of aromatic nitrogens is 1. The summed E-state index contributed by atoms with van der Waals surface area (Å²) in [4.78, 5) is 39.8. The molecule has 0 fully saturated rings. The van der Waals surface area contributed by atoms with Gasteiger partial charge in [-0.25, -0.2) is 9.78 Å². The van der Waals surface area contributed by atoms with Crippen molar-refractivity contribution < 1.29 is 19.5 Å². The van der Waals surface area contributed by atoms with E-state index in [1.54, 1.807) is 6.07 Å². The molecule has 1 unspecified atom stereocenters. The van der Waals surface area contributed by atoms with Crippen molar-refractivity contribution in [3.05, 3.63) is 102 Å². The van der Waals surface area contributed by atoms with Crippen LogP contribution in [0.15, 0.2) is 91.2 Å². The number of pyridine rings is 1. The molecular formula is C35H46N4O4. The van der Waals surface area contributed by atoms with Crippen LogP contribution in [0.1, 0.15) is 93.6 Å². The van der Waals surface area contributed by atoms with E-state index in [1.807, 2.05) is 18.2 Å². The minimum Gasteiger partial charge on any atom is -0.480 e. The van der Waals surface area contributed by atoms with Gasteiger partial charge in [-0.05, 0) is 76.3 Å². The van der Waals surface area contributed by atoms with Gasteiger partial charge < -0.3 is 15.7 Å². The summed E-state index contributed by atoms with van der Waals surface area (Å²) in [5.74, 6) is -1.79. The van der Waals surface area contributed by atoms with Gasteiger partial charge in [0, 0.05) is 19.2 Å². The first-order chi connectivity index (χ1) is 21.0. The first-order valence-electron chi connectivity index (χ1n) is 15.0. The number of nitriles is 1. The highest BCUT2D eigenvalue weighted by Gasteiger charge is 2.19. The molecule has 0 aromatic carbocycles. The van der Waals surface area contributed by atoms with Crippen molar-refractivity contribution in [2.24, 2.45) is 0 Å². The zero-order valence-electron chi connectivity index (χ0n) is 25.3. The van der Waals surface area contributed by atoms with Crippen LogP contribution in [0, 0.1) is 11.3 Å². The highest BCUT2D eigenvalue weighted by molar-refractivity contribution is 5.96. The van der Waals surface area contributed by atoms with Crippen LogP contribution < -0.4 is 10.6 Å². The fourth-order valence-corrected chi connectivity index (χ4v) is 3.83. The van der Waals surface area contributed by atoms with E-state index in [-0.39, 0.29) is 30.0 Å². The number of carbonyl (C=O) groups is 3. The Kier molecular flexibility index (Phi) is 21.4. The van der Waals surface area contributed by atoms with Crippen LogP contribution in [-0.4, -0.2) is 40.5 Å². The largest absolute Gasteiger partial charge is 0.480 e. The number of carboxylic acids is 1. The normalized spacial score (nSPS) is 12.7. The Bertz CT molecular complexity index is 1190. The Morgan fingerprint density at radius 2 is 1.44 bits per heavy atom. The number of hydrogen-bond acceptors (Lipinski definition) is 5. The van der Waals surface area contributed by atoms with Crippen molar-refractivity contribution in [1.82, 2.24) is 15.6 Å². The Labute approximate surface area is 256 Å². The Morgan fingerprint density at radius 3 is 1.98 bits per heavy atom. The number of nitrogens with one attached hydrogen (secondary N) is 2. The third-order valence-electron chi connectivity index (χ3n) is 6.13. The Morgan fingerprint density at radius 1 is 0.884 bits per heavy atom. The predicted molar refractivity (Wildman–Crippen MR) is 172 cm³/mol. The number of rotatable bonds is 22. The van der Waals surface area contributed by atoms with Gasteiger partial charge in [-0.1, -0.05) is 79.8 Å². The molecule has 1 rings (SSSR count). The van der Waals surface area contributed by atoms with Gasteiger partial charge in [0.05, 0.1) is 5.56 Å². The van der Waals surface area contributed by atoms with E-state index < -0.39 is 17.9 Å². The van der Waals surface area contributed by atoms with Crippen LogP contribution in [0.5, 0.6) is 0 Å². The van der Waals surface area contributed by atoms with Gasteiger partial charge in [0.25, 0.3) is 5.91 Å². The second-order valence-electron chi connectivity index (χ2n) is 9.68. The fraction of sp³-hybridized carbons (Fsp3) is 0.400. The first kappa shape index (κ1) is 36.5. The number of carbonyl (C=O) groups excluding carboxylic acids is 2. The maximum atomic E-state index is 12.2. The average Bonchev–Trinajstić information content (AvgIpc) is 3.01. The zero-order chi connectivity index (χ0) is 31.4. The molecule has 8 nitrogen and oxygen atoms in total. The van der Waals surface area contributed by atoms with Crippen molar-refractivity contribution in [3.8, 4) is 6.07 Å². The molecule has 3 N–H and O–H groups in total. The van der Waals surface area contributed by atoms with E-state index in [4.69, 9.17) is 5.26 Å². The first-order valence-corrected chi connectivity index (χ1v) is 15.0. The summed E-state index contributed by atoms with van der Waals surface area (Å²) in [6.07, 6.45) is 34.6. The van der Waals surface area contributed by atoms with E-state index in [0.717, 1.165) is 38.5 Å². The second-order valence-corrected chi connectivity index (χ2v) is 9.68. The van der Waals surface area contributed by atoms with Gasteiger partial charge in [0.2, 0.25) is 5.91 Å². The van der Waals surface area contributed by atoms with Crippen LogP contribution in [-0.2, 0) is 9.59 Å². The average molecular weight is 587 g/mol. The van der Waals surface area contributed by atoms with Crippen molar-refractivity contribution in [3.63, 3.8) is 0 Å². The molecule has 0 radical (unpaired) electrons. The van der Waals surface area contributed by atoms with E-state index >= 15 is 0 Å². The van der Waals surface area contributed by atoms with Gasteiger partial charge in [0.1, 0.15) is 12.1 Å². The number of amides is 2. The number of nitrogens with zero attached hydrogens (tertiary/aromatic N) is 2. The van der Waals surface area contributed by atoms with Gasteiger partial charge >= 0.3 is 5.97 Å². The molecule has 0 aliphatic heterocycles. The van der Waals surface area contributed by atoms with Gasteiger partial charge in [-0.2, -0.15) is 5.26 Å². The highest BCUT2D eigenvalue weighted by Crippen LogP contribution is 2.06. The lowest BCUT2D eigenvalue weighted by molar-refractivity contribution is -0.142. The summed E-state index contributed by atoms with van der Waals surface area (Å²) in [7, 11) is 0. The smallest absolute Gasteiger partial charge is 0.326 e. The molecule has 2 amide bonds. The van der Waals surface area contributed by atoms with E-state index in [1.165, 1.54) is 12.3 Å². The monoisotopic (exact) mass is 586 g/mol. The zero-order valence-corrected chi connectivity index (χ0v) is 25.3. The van der Waals surface area contributed by atoms with Gasteiger partial charge in [-0.15, -0.1) is 0 Å². The summed E-state index contributed by atoms with van der Waals surface area (Å²) < 4.78 is 0. The summed E-state index contributed by atoms with van der Waals surface area (Å²) in [5.41, 5.74) is 0.255. The maximum absolute atomic E-state index is 12.2. The van der Waals surface area contributed by atoms with Crippen LogP contribution in [0.25, 0.3) is 0 Å². The number of carboxylic acid groups (broad SMARTS) is 1. The van der Waals surface area contributed by atoms with Crippen LogP contribution in [0.4, 0.5) is 0 Å². The fourth-order valence-electron chi connectivity index (χ4n) is 3.83. The minimum atomic E-state index is -1.08. The molecule has 1 atom stereocenters. The highest BCUT2D eigenvalue weighted by atomic mass is 16.4. The molecule has 0 saturated heterocycles. The lowest BCUT2D eigenvalue weighted by atomic mass is 10.1. The number of allylic oxidation sites excluding steroid dienone is 12. The third kappa shape index (κ3) is 19.3. The molecule has 8 heteroatoms. The second kappa shape index (κ2) is 25.2. The standard InChI is InChI=1S/C35H46N4O4/c1-2-3-4-5-6-7-8-9-10-11-12-13-14-15-16-17-18-19-20-26-33(40)39-31(35(42)43)25-21-22-27-38-34(41)30-24-23-28-37-32(30)29-36/h3-4,6-7,9-10,12-13,15-16,18-19,23-24,28,31H,2,5,8,11,14,17,20-22,25-27H2,1H3,(H,38,41)(H,39,40)(H,42,43). The van der Waals surface area contributed by atoms with Crippen LogP contribution >= 0.6 is 0 Å². The SMILES string of the molecule is CCC=CCC=CCC=CCC=CCC=CCC=CCCC(=O)NC(CCCCNC(=O)c1cccnc1C#N)C(=O)O. The lowest BCUT2D eigenvalue weighted by Gasteiger charge is -2.14. The van der Waals surface area contributed by atoms with Crippen LogP contribution in [0.2, 0.25) is 0 Å². The molecule has 0 aliphatic rings. The number of aliphatic carboxylic acids is 1. The van der Waals surface area contributed by atoms with Gasteiger partial charge in [-0.3, -0.25) is 9.59 Å².